The van der Waals surface area contributed by atoms with E-state index in [1.54, 1.807) is 0 Å². The highest BCUT2D eigenvalue weighted by Gasteiger charge is 2.11. The molecular formula is C25H26N2O2. The first-order valence-corrected chi connectivity index (χ1v) is 9.93. The van der Waals surface area contributed by atoms with Crippen molar-refractivity contribution in [3.8, 4) is 17.2 Å². The average Bonchev–Trinajstić information content (AvgIpc) is 3.25. The molecule has 0 saturated heterocycles. The van der Waals surface area contributed by atoms with Crippen LogP contribution in [0.15, 0.2) is 71.4 Å². The van der Waals surface area contributed by atoms with E-state index in [9.17, 15) is 0 Å². The minimum Gasteiger partial charge on any atom is -0.493 e. The van der Waals surface area contributed by atoms with Crippen molar-refractivity contribution in [3.05, 3.63) is 95.1 Å². The normalized spacial score (nSPS) is 11.0. The van der Waals surface area contributed by atoms with Crippen molar-refractivity contribution in [1.29, 1.82) is 0 Å². The summed E-state index contributed by atoms with van der Waals surface area (Å²) in [5, 5.41) is 0. The highest BCUT2D eigenvalue weighted by atomic mass is 16.5. The third-order valence-corrected chi connectivity index (χ3v) is 5.10. The number of hydrogen-bond acceptors (Lipinski definition) is 3. The maximum absolute atomic E-state index is 5.93. The Morgan fingerprint density at radius 2 is 1.72 bits per heavy atom. The van der Waals surface area contributed by atoms with Gasteiger partial charge in [0.15, 0.2) is 0 Å². The molecule has 0 spiro atoms. The number of benzene rings is 2. The van der Waals surface area contributed by atoms with Crippen molar-refractivity contribution in [3.63, 3.8) is 0 Å². The van der Waals surface area contributed by atoms with Crippen molar-refractivity contribution in [2.75, 3.05) is 6.61 Å². The second-order valence-electron chi connectivity index (χ2n) is 7.44. The van der Waals surface area contributed by atoms with Crippen LogP contribution in [0.3, 0.4) is 0 Å². The van der Waals surface area contributed by atoms with E-state index in [2.05, 4.69) is 48.0 Å². The van der Waals surface area contributed by atoms with Crippen LogP contribution in [0.1, 0.15) is 28.1 Å². The average molecular weight is 386 g/mol. The van der Waals surface area contributed by atoms with Crippen molar-refractivity contribution in [1.82, 2.24) is 9.55 Å². The Labute approximate surface area is 171 Å². The molecule has 0 fully saturated rings. The minimum absolute atomic E-state index is 0.568. The summed E-state index contributed by atoms with van der Waals surface area (Å²) in [6.45, 7) is 4.68. The zero-order valence-corrected chi connectivity index (χ0v) is 17.2. The Morgan fingerprint density at radius 1 is 0.966 bits per heavy atom. The number of ether oxygens (including phenoxy) is 1. The molecule has 0 bridgehead atoms. The molecule has 4 nitrogen and oxygen atoms in total. The molecule has 4 aromatic rings. The minimum atomic E-state index is 0.568. The molecule has 0 amide bonds. The molecule has 0 unspecified atom stereocenters. The van der Waals surface area contributed by atoms with Gasteiger partial charge < -0.3 is 13.7 Å². The van der Waals surface area contributed by atoms with E-state index in [0.29, 0.717) is 18.9 Å². The van der Waals surface area contributed by atoms with E-state index >= 15 is 0 Å². The maximum Gasteiger partial charge on any atom is 0.226 e. The zero-order chi connectivity index (χ0) is 20.2. The molecule has 148 valence electrons. The van der Waals surface area contributed by atoms with Crippen LogP contribution in [0.5, 0.6) is 5.75 Å². The molecule has 0 aliphatic rings. The van der Waals surface area contributed by atoms with Crippen LogP contribution in [0.4, 0.5) is 0 Å². The van der Waals surface area contributed by atoms with Gasteiger partial charge in [-0.3, -0.25) is 0 Å². The molecular weight excluding hydrogens is 360 g/mol. The second kappa shape index (κ2) is 8.39. The van der Waals surface area contributed by atoms with Gasteiger partial charge >= 0.3 is 0 Å². The molecule has 0 atom stereocenters. The smallest absolute Gasteiger partial charge is 0.226 e. The van der Waals surface area contributed by atoms with Crippen LogP contribution in [0, 0.1) is 13.8 Å². The quantitative estimate of drug-likeness (QED) is 0.420. The van der Waals surface area contributed by atoms with Gasteiger partial charge in [0.25, 0.3) is 0 Å². The lowest BCUT2D eigenvalue weighted by Gasteiger charge is -2.07. The number of rotatable bonds is 7. The first kappa shape index (κ1) is 19.1. The number of aromatic nitrogens is 2. The molecule has 0 saturated carbocycles. The molecule has 0 aliphatic carbocycles. The molecule has 2 aromatic carbocycles. The Bertz CT molecular complexity index is 1080. The van der Waals surface area contributed by atoms with E-state index in [1.165, 1.54) is 16.7 Å². The van der Waals surface area contributed by atoms with Gasteiger partial charge in [-0.05, 0) is 61.2 Å². The number of aryl methyl sites for hydroxylation is 3. The Balaban J connectivity index is 1.33. The van der Waals surface area contributed by atoms with Crippen molar-refractivity contribution in [2.45, 2.75) is 26.7 Å². The van der Waals surface area contributed by atoms with Crippen molar-refractivity contribution in [2.24, 2.45) is 7.05 Å². The molecule has 4 rings (SSSR count). The third kappa shape index (κ3) is 4.60. The summed E-state index contributed by atoms with van der Waals surface area (Å²) in [4.78, 5) is 4.63. The standard InChI is InChI=1S/C25H26N2O2/c1-18-16-27(3)17-22(18)15-20-9-11-23(12-10-20)28-14-13-24-19(2)29-25(26-24)21-7-5-4-6-8-21/h4-12,16-17H,13-15H2,1-3H3. The lowest BCUT2D eigenvalue weighted by Crippen LogP contribution is -2.03. The SMILES string of the molecule is Cc1cn(C)cc1Cc1ccc(OCCc2nc(-c3ccccc3)oc2C)cc1. The molecule has 0 radical (unpaired) electrons. The van der Waals surface area contributed by atoms with E-state index < -0.39 is 0 Å². The topological polar surface area (TPSA) is 40.2 Å². The second-order valence-corrected chi connectivity index (χ2v) is 7.44. The first-order valence-electron chi connectivity index (χ1n) is 9.93. The predicted molar refractivity (Wildman–Crippen MR) is 115 cm³/mol. The first-order chi connectivity index (χ1) is 14.1. The number of oxazole rings is 1. The fourth-order valence-electron chi connectivity index (χ4n) is 3.51. The Hall–Kier alpha value is -3.27. The Kier molecular flexibility index (Phi) is 5.52. The van der Waals surface area contributed by atoms with E-state index in [0.717, 1.165) is 29.2 Å². The van der Waals surface area contributed by atoms with E-state index in [1.807, 2.05) is 49.4 Å². The lowest BCUT2D eigenvalue weighted by atomic mass is 10.0. The molecule has 2 aromatic heterocycles. The highest BCUT2D eigenvalue weighted by Crippen LogP contribution is 2.22. The summed E-state index contributed by atoms with van der Waals surface area (Å²) in [5.41, 5.74) is 5.90. The van der Waals surface area contributed by atoms with Gasteiger partial charge in [-0.25, -0.2) is 4.98 Å². The van der Waals surface area contributed by atoms with Crippen molar-refractivity contribution >= 4 is 0 Å². The van der Waals surface area contributed by atoms with E-state index in [-0.39, 0.29) is 0 Å². The predicted octanol–water partition coefficient (Wildman–Crippen LogP) is 5.51. The van der Waals surface area contributed by atoms with E-state index in [4.69, 9.17) is 9.15 Å². The fraction of sp³-hybridized carbons (Fsp3) is 0.240. The number of nitrogens with zero attached hydrogens (tertiary/aromatic N) is 2. The molecule has 4 heteroatoms. The third-order valence-electron chi connectivity index (χ3n) is 5.10. The molecule has 0 aliphatic heterocycles. The van der Waals surface area contributed by atoms with Gasteiger partial charge in [0.2, 0.25) is 5.89 Å². The molecule has 0 N–H and O–H groups in total. The summed E-state index contributed by atoms with van der Waals surface area (Å²) < 4.78 is 13.9. The van der Waals surface area contributed by atoms with Crippen LogP contribution in [0.2, 0.25) is 0 Å². The Morgan fingerprint density at radius 3 is 2.41 bits per heavy atom. The van der Waals surface area contributed by atoms with Crippen LogP contribution >= 0.6 is 0 Å². The molecule has 2 heterocycles. The van der Waals surface area contributed by atoms with Gasteiger partial charge in [-0.15, -0.1) is 0 Å². The van der Waals surface area contributed by atoms with Gasteiger partial charge in [-0.2, -0.15) is 0 Å². The maximum atomic E-state index is 5.93. The van der Waals surface area contributed by atoms with Gasteiger partial charge in [0, 0.05) is 31.4 Å². The summed E-state index contributed by atoms with van der Waals surface area (Å²) in [7, 11) is 2.06. The highest BCUT2D eigenvalue weighted by molar-refractivity contribution is 5.53. The van der Waals surface area contributed by atoms with Gasteiger partial charge in [-0.1, -0.05) is 30.3 Å². The lowest BCUT2D eigenvalue weighted by molar-refractivity contribution is 0.320. The van der Waals surface area contributed by atoms with Crippen LogP contribution in [-0.4, -0.2) is 16.2 Å². The zero-order valence-electron chi connectivity index (χ0n) is 17.2. The summed E-state index contributed by atoms with van der Waals surface area (Å²) in [5.74, 6) is 2.39. The van der Waals surface area contributed by atoms with Gasteiger partial charge in [0.1, 0.15) is 11.5 Å². The monoisotopic (exact) mass is 386 g/mol. The van der Waals surface area contributed by atoms with Crippen LogP contribution in [0.25, 0.3) is 11.5 Å². The largest absolute Gasteiger partial charge is 0.493 e. The van der Waals surface area contributed by atoms with Crippen molar-refractivity contribution < 1.29 is 9.15 Å². The molecule has 29 heavy (non-hydrogen) atoms. The summed E-state index contributed by atoms with van der Waals surface area (Å²) >= 11 is 0. The summed E-state index contributed by atoms with van der Waals surface area (Å²) in [6.07, 6.45) is 5.99. The summed E-state index contributed by atoms with van der Waals surface area (Å²) in [6, 6.07) is 18.3. The van der Waals surface area contributed by atoms with Crippen LogP contribution in [-0.2, 0) is 19.9 Å². The van der Waals surface area contributed by atoms with Crippen LogP contribution < -0.4 is 4.74 Å². The number of hydrogen-bond donors (Lipinski definition) is 0. The van der Waals surface area contributed by atoms with Gasteiger partial charge in [0.05, 0.1) is 12.3 Å². The fourth-order valence-corrected chi connectivity index (χ4v) is 3.51.